The normalized spacial score (nSPS) is 24.1. The molecule has 1 N–H and O–H groups in total. The summed E-state index contributed by atoms with van der Waals surface area (Å²) >= 11 is 0. The van der Waals surface area contributed by atoms with Crippen LogP contribution in [0.3, 0.4) is 0 Å². The maximum absolute atomic E-state index is 13.3. The Morgan fingerprint density at radius 2 is 1.66 bits per heavy atom. The summed E-state index contributed by atoms with van der Waals surface area (Å²) in [5, 5.41) is 9.85. The fourth-order valence-electron chi connectivity index (χ4n) is 5.77. The molecule has 0 radical (unpaired) electrons. The molecule has 32 heavy (non-hydrogen) atoms. The Hall–Kier alpha value is -2.24. The molecule has 0 unspecified atom stereocenters. The number of halogens is 1. The lowest BCUT2D eigenvalue weighted by atomic mass is 9.86. The fraction of sp³-hybridized carbons (Fsp3) is 0.519. The highest BCUT2D eigenvalue weighted by Crippen LogP contribution is 2.37. The summed E-state index contributed by atoms with van der Waals surface area (Å²) < 4.78 is 13.3. The van der Waals surface area contributed by atoms with E-state index < -0.39 is 12.0 Å². The van der Waals surface area contributed by atoms with E-state index in [2.05, 4.69) is 34.1 Å². The first-order valence-corrected chi connectivity index (χ1v) is 11.9. The second-order valence-corrected chi connectivity index (χ2v) is 9.88. The van der Waals surface area contributed by atoms with Crippen LogP contribution in [0.2, 0.25) is 0 Å². The van der Waals surface area contributed by atoms with Gasteiger partial charge in [-0.2, -0.15) is 0 Å². The lowest BCUT2D eigenvalue weighted by molar-refractivity contribution is -0.144. The number of carboxylic acid groups (broad SMARTS) is 1. The van der Waals surface area contributed by atoms with Crippen LogP contribution in [0.1, 0.15) is 49.7 Å². The van der Waals surface area contributed by atoms with Crippen LogP contribution in [0.25, 0.3) is 0 Å². The molecule has 3 atom stereocenters. The Morgan fingerprint density at radius 3 is 2.25 bits per heavy atom. The molecule has 172 valence electrons. The summed E-state index contributed by atoms with van der Waals surface area (Å²) in [4.78, 5) is 16.7. The van der Waals surface area contributed by atoms with Crippen molar-refractivity contribution >= 4 is 5.97 Å². The predicted molar refractivity (Wildman–Crippen MR) is 125 cm³/mol. The molecule has 0 bridgehead atoms. The predicted octanol–water partition coefficient (Wildman–Crippen LogP) is 4.83. The number of carboxylic acids is 1. The Morgan fingerprint density at radius 1 is 1.00 bits per heavy atom. The summed E-state index contributed by atoms with van der Waals surface area (Å²) in [6.07, 6.45) is 2.17. The monoisotopic (exact) mass is 438 g/mol. The molecule has 0 aromatic heterocycles. The molecule has 4 rings (SSSR count). The van der Waals surface area contributed by atoms with Crippen LogP contribution in [0.15, 0.2) is 54.6 Å². The Kier molecular flexibility index (Phi) is 7.27. The first-order chi connectivity index (χ1) is 15.4. The molecule has 2 saturated heterocycles. The number of carbonyl (C=O) groups is 1. The second-order valence-electron chi connectivity index (χ2n) is 9.88. The third kappa shape index (κ3) is 5.21. The molecule has 2 fully saturated rings. The van der Waals surface area contributed by atoms with E-state index in [0.717, 1.165) is 45.6 Å². The second kappa shape index (κ2) is 10.1. The van der Waals surface area contributed by atoms with Crippen LogP contribution in [0.5, 0.6) is 0 Å². The van der Waals surface area contributed by atoms with Gasteiger partial charge in [-0.25, -0.2) is 4.39 Å². The number of hydrogen-bond acceptors (Lipinski definition) is 3. The minimum atomic E-state index is -0.715. The number of piperidine rings is 1. The van der Waals surface area contributed by atoms with Gasteiger partial charge in [0.05, 0.1) is 0 Å². The molecule has 0 aliphatic carbocycles. The average Bonchev–Trinajstić information content (AvgIpc) is 3.18. The van der Waals surface area contributed by atoms with Crippen molar-refractivity contribution in [3.05, 3.63) is 71.5 Å². The molecule has 0 amide bonds. The fourth-order valence-corrected chi connectivity index (χ4v) is 5.77. The highest BCUT2D eigenvalue weighted by Gasteiger charge is 2.41. The van der Waals surface area contributed by atoms with Gasteiger partial charge in [0.25, 0.3) is 0 Å². The molecular weight excluding hydrogens is 403 g/mol. The molecule has 5 heteroatoms. The maximum atomic E-state index is 13.3. The number of benzene rings is 2. The zero-order valence-electron chi connectivity index (χ0n) is 19.2. The van der Waals surface area contributed by atoms with Crippen LogP contribution < -0.4 is 0 Å². The molecule has 2 aliphatic heterocycles. The lowest BCUT2D eigenvalue weighted by Gasteiger charge is -2.35. The Bertz CT molecular complexity index is 878. The van der Waals surface area contributed by atoms with Crippen molar-refractivity contribution in [2.75, 3.05) is 32.7 Å². The van der Waals surface area contributed by atoms with Gasteiger partial charge in [0.15, 0.2) is 0 Å². The summed E-state index contributed by atoms with van der Waals surface area (Å²) in [7, 11) is 0. The standard InChI is InChI=1S/C27H35FN2O2/c1-19(2)26(27(31)32)30-17-23(25(18-30)22-6-4-3-5-7-22)16-29-14-12-21(13-15-29)20-8-10-24(28)11-9-20/h3-11,19,21,23,25-26H,12-18H2,1-2H3,(H,31,32)/t23-,25+,26+/m0/s1. The van der Waals surface area contributed by atoms with E-state index in [1.165, 1.54) is 11.1 Å². The van der Waals surface area contributed by atoms with E-state index in [1.54, 1.807) is 12.1 Å². The number of likely N-dealkylation sites (tertiary alicyclic amines) is 2. The van der Waals surface area contributed by atoms with E-state index >= 15 is 0 Å². The molecule has 0 saturated carbocycles. The minimum absolute atomic E-state index is 0.0779. The third-order valence-corrected chi connectivity index (χ3v) is 7.40. The third-order valence-electron chi connectivity index (χ3n) is 7.40. The number of rotatable bonds is 7. The SMILES string of the molecule is CC(C)[C@H](C(=O)O)N1C[C@H](CN2CCC(c3ccc(F)cc3)CC2)[C@@H](c2ccccc2)C1. The van der Waals surface area contributed by atoms with Crippen LogP contribution in [0, 0.1) is 17.7 Å². The number of hydrogen-bond donors (Lipinski definition) is 1. The molecular formula is C27H35FN2O2. The highest BCUT2D eigenvalue weighted by molar-refractivity contribution is 5.73. The summed E-state index contributed by atoms with van der Waals surface area (Å²) in [6, 6.07) is 17.1. The van der Waals surface area contributed by atoms with Crippen molar-refractivity contribution in [3.63, 3.8) is 0 Å². The van der Waals surface area contributed by atoms with Crippen LogP contribution >= 0.6 is 0 Å². The zero-order chi connectivity index (χ0) is 22.7. The quantitative estimate of drug-likeness (QED) is 0.673. The number of aliphatic carboxylic acids is 1. The van der Waals surface area contributed by atoms with E-state index in [0.29, 0.717) is 17.8 Å². The first kappa shape index (κ1) is 22.9. The smallest absolute Gasteiger partial charge is 0.321 e. The van der Waals surface area contributed by atoms with Crippen molar-refractivity contribution in [1.29, 1.82) is 0 Å². The molecule has 2 aromatic carbocycles. The largest absolute Gasteiger partial charge is 0.480 e. The van der Waals surface area contributed by atoms with Gasteiger partial charge in [0, 0.05) is 25.6 Å². The van der Waals surface area contributed by atoms with Crippen molar-refractivity contribution in [2.24, 2.45) is 11.8 Å². The highest BCUT2D eigenvalue weighted by atomic mass is 19.1. The molecule has 0 spiro atoms. The summed E-state index contributed by atoms with van der Waals surface area (Å²) in [5.41, 5.74) is 2.55. The molecule has 2 heterocycles. The topological polar surface area (TPSA) is 43.8 Å². The lowest BCUT2D eigenvalue weighted by Crippen LogP contribution is -2.44. The average molecular weight is 439 g/mol. The van der Waals surface area contributed by atoms with E-state index in [4.69, 9.17) is 0 Å². The Balaban J connectivity index is 1.43. The van der Waals surface area contributed by atoms with E-state index in [-0.39, 0.29) is 11.7 Å². The van der Waals surface area contributed by atoms with Gasteiger partial charge in [-0.1, -0.05) is 56.3 Å². The minimum Gasteiger partial charge on any atom is -0.480 e. The van der Waals surface area contributed by atoms with Gasteiger partial charge in [-0.15, -0.1) is 0 Å². The first-order valence-electron chi connectivity index (χ1n) is 11.9. The Labute approximate surface area is 191 Å². The van der Waals surface area contributed by atoms with Crippen LogP contribution in [-0.2, 0) is 4.79 Å². The van der Waals surface area contributed by atoms with Crippen molar-refractivity contribution in [3.8, 4) is 0 Å². The van der Waals surface area contributed by atoms with Crippen LogP contribution in [-0.4, -0.2) is 59.6 Å². The number of nitrogens with zero attached hydrogens (tertiary/aromatic N) is 2. The summed E-state index contributed by atoms with van der Waals surface area (Å²) in [6.45, 7) is 8.70. The van der Waals surface area contributed by atoms with Gasteiger partial charge in [0.1, 0.15) is 11.9 Å². The summed E-state index contributed by atoms with van der Waals surface area (Å²) in [5.74, 6) is 0.452. The molecule has 2 aliphatic rings. The molecule has 4 nitrogen and oxygen atoms in total. The zero-order valence-corrected chi connectivity index (χ0v) is 19.2. The van der Waals surface area contributed by atoms with Gasteiger partial charge >= 0.3 is 5.97 Å². The van der Waals surface area contributed by atoms with Crippen LogP contribution in [0.4, 0.5) is 4.39 Å². The van der Waals surface area contributed by atoms with Gasteiger partial charge in [0.2, 0.25) is 0 Å². The van der Waals surface area contributed by atoms with Gasteiger partial charge in [-0.3, -0.25) is 9.69 Å². The van der Waals surface area contributed by atoms with Crippen molar-refractivity contribution in [1.82, 2.24) is 9.80 Å². The van der Waals surface area contributed by atoms with Gasteiger partial charge < -0.3 is 10.0 Å². The van der Waals surface area contributed by atoms with Crippen molar-refractivity contribution < 1.29 is 14.3 Å². The van der Waals surface area contributed by atoms with Gasteiger partial charge in [-0.05, 0) is 66.9 Å². The maximum Gasteiger partial charge on any atom is 0.321 e. The van der Waals surface area contributed by atoms with Crippen molar-refractivity contribution in [2.45, 2.75) is 44.6 Å². The van der Waals surface area contributed by atoms with E-state index in [1.807, 2.05) is 32.0 Å². The van der Waals surface area contributed by atoms with E-state index in [9.17, 15) is 14.3 Å². The molecule has 2 aromatic rings.